The molecule has 0 aromatic heterocycles. The molecule has 1 aromatic rings. The molecular formula is C13H18N2O5S. The molecule has 2 atom stereocenters. The molecule has 2 rings (SSSR count). The number of aryl methyl sites for hydroxylation is 1. The van der Waals surface area contributed by atoms with Crippen molar-refractivity contribution in [3.63, 3.8) is 0 Å². The number of nitrogens with zero attached hydrogens (tertiary/aromatic N) is 1. The highest BCUT2D eigenvalue weighted by Crippen LogP contribution is 2.28. The number of nitro benzene ring substituents is 1. The van der Waals surface area contributed by atoms with Gasteiger partial charge >= 0.3 is 0 Å². The second kappa shape index (κ2) is 6.08. The van der Waals surface area contributed by atoms with Crippen molar-refractivity contribution in [2.24, 2.45) is 5.92 Å². The van der Waals surface area contributed by atoms with Crippen LogP contribution in [0.3, 0.4) is 0 Å². The van der Waals surface area contributed by atoms with Gasteiger partial charge in [0.05, 0.1) is 9.82 Å². The Morgan fingerprint density at radius 3 is 2.71 bits per heavy atom. The lowest BCUT2D eigenvalue weighted by atomic mass is 10.1. The van der Waals surface area contributed by atoms with Crippen LogP contribution in [-0.4, -0.2) is 31.1 Å². The number of aliphatic hydroxyl groups excluding tert-OH is 1. The lowest BCUT2D eigenvalue weighted by Gasteiger charge is -2.19. The van der Waals surface area contributed by atoms with Gasteiger partial charge < -0.3 is 5.11 Å². The summed E-state index contributed by atoms with van der Waals surface area (Å²) < 4.78 is 27.4. The normalized spacial score (nSPS) is 22.4. The predicted octanol–water partition coefficient (Wildman–Crippen LogP) is 1.34. The van der Waals surface area contributed by atoms with Gasteiger partial charge in [0.25, 0.3) is 5.69 Å². The second-order valence-electron chi connectivity index (χ2n) is 5.31. The third kappa shape index (κ3) is 3.39. The summed E-state index contributed by atoms with van der Waals surface area (Å²) in [4.78, 5) is 10.2. The second-order valence-corrected chi connectivity index (χ2v) is 6.99. The molecule has 0 saturated heterocycles. The van der Waals surface area contributed by atoms with Crippen LogP contribution >= 0.6 is 0 Å². The molecule has 0 bridgehead atoms. The minimum Gasteiger partial charge on any atom is -0.396 e. The molecule has 2 unspecified atom stereocenters. The molecule has 2 N–H and O–H groups in total. The Balaban J connectivity index is 2.25. The number of nitrogens with one attached hydrogen (secondary N) is 1. The van der Waals surface area contributed by atoms with Crippen molar-refractivity contribution in [1.82, 2.24) is 4.72 Å². The molecule has 21 heavy (non-hydrogen) atoms. The topological polar surface area (TPSA) is 110 Å². The van der Waals surface area contributed by atoms with Crippen LogP contribution in [0.15, 0.2) is 23.1 Å². The Morgan fingerprint density at radius 2 is 2.14 bits per heavy atom. The maximum Gasteiger partial charge on any atom is 0.269 e. The summed E-state index contributed by atoms with van der Waals surface area (Å²) >= 11 is 0. The van der Waals surface area contributed by atoms with E-state index in [0.717, 1.165) is 12.8 Å². The van der Waals surface area contributed by atoms with Crippen LogP contribution in [0.2, 0.25) is 0 Å². The van der Waals surface area contributed by atoms with E-state index in [4.69, 9.17) is 0 Å². The first-order valence-corrected chi connectivity index (χ1v) is 8.21. The van der Waals surface area contributed by atoms with E-state index in [1.54, 1.807) is 0 Å². The van der Waals surface area contributed by atoms with Gasteiger partial charge in [0.2, 0.25) is 10.0 Å². The summed E-state index contributed by atoms with van der Waals surface area (Å²) in [5.74, 6) is -0.0712. The molecule has 1 fully saturated rings. The van der Waals surface area contributed by atoms with E-state index in [2.05, 4.69) is 4.72 Å². The third-order valence-electron chi connectivity index (χ3n) is 3.86. The fraction of sp³-hybridized carbons (Fsp3) is 0.538. The molecule has 1 saturated carbocycles. The molecule has 1 aliphatic carbocycles. The van der Waals surface area contributed by atoms with E-state index in [1.165, 1.54) is 25.1 Å². The average molecular weight is 314 g/mol. The molecule has 8 heteroatoms. The zero-order chi connectivity index (χ0) is 15.6. The van der Waals surface area contributed by atoms with Gasteiger partial charge in [0.1, 0.15) is 0 Å². The molecular weight excluding hydrogens is 296 g/mol. The van der Waals surface area contributed by atoms with Crippen molar-refractivity contribution in [3.05, 3.63) is 33.9 Å². The Labute approximate surface area is 123 Å². The third-order valence-corrected chi connectivity index (χ3v) is 5.51. The van der Waals surface area contributed by atoms with Gasteiger partial charge in [-0.15, -0.1) is 0 Å². The molecule has 0 heterocycles. The van der Waals surface area contributed by atoms with E-state index in [0.29, 0.717) is 12.0 Å². The first-order valence-electron chi connectivity index (χ1n) is 6.73. The highest BCUT2D eigenvalue weighted by atomic mass is 32.2. The van der Waals surface area contributed by atoms with Gasteiger partial charge in [-0.3, -0.25) is 10.1 Å². The minimum absolute atomic E-state index is 0.0386. The van der Waals surface area contributed by atoms with Gasteiger partial charge in [-0.2, -0.15) is 0 Å². The number of rotatable bonds is 5. The first kappa shape index (κ1) is 15.9. The van der Waals surface area contributed by atoms with Crippen molar-refractivity contribution < 1.29 is 18.4 Å². The lowest BCUT2D eigenvalue weighted by molar-refractivity contribution is -0.385. The predicted molar refractivity (Wildman–Crippen MR) is 76.4 cm³/mol. The van der Waals surface area contributed by atoms with Crippen LogP contribution in [0.1, 0.15) is 24.8 Å². The highest BCUT2D eigenvalue weighted by Gasteiger charge is 2.31. The van der Waals surface area contributed by atoms with Crippen LogP contribution < -0.4 is 4.72 Å². The fourth-order valence-corrected chi connectivity index (χ4v) is 4.29. The minimum atomic E-state index is -3.74. The van der Waals surface area contributed by atoms with Gasteiger partial charge in [-0.1, -0.05) is 6.42 Å². The standard InChI is InChI=1S/C13H18N2O5S/c1-9-7-11(15(17)18)5-6-13(9)21(19,20)14-12-4-2-3-10(12)8-16/h5-7,10,12,14,16H,2-4,8H2,1H3. The summed E-state index contributed by atoms with van der Waals surface area (Å²) in [6, 6.07) is 3.39. The highest BCUT2D eigenvalue weighted by molar-refractivity contribution is 7.89. The van der Waals surface area contributed by atoms with E-state index in [9.17, 15) is 23.6 Å². The van der Waals surface area contributed by atoms with Crippen LogP contribution in [0, 0.1) is 23.0 Å². The van der Waals surface area contributed by atoms with Crippen molar-refractivity contribution >= 4 is 15.7 Å². The average Bonchev–Trinajstić information content (AvgIpc) is 2.84. The van der Waals surface area contributed by atoms with Crippen LogP contribution in [0.4, 0.5) is 5.69 Å². The molecule has 0 radical (unpaired) electrons. The maximum atomic E-state index is 12.4. The Morgan fingerprint density at radius 1 is 1.43 bits per heavy atom. The Kier molecular flexibility index (Phi) is 4.60. The first-order chi connectivity index (χ1) is 9.85. The monoisotopic (exact) mass is 314 g/mol. The Hall–Kier alpha value is -1.51. The SMILES string of the molecule is Cc1cc([N+](=O)[O-])ccc1S(=O)(=O)NC1CCCC1CO. The number of hydrogen-bond acceptors (Lipinski definition) is 5. The molecule has 7 nitrogen and oxygen atoms in total. The largest absolute Gasteiger partial charge is 0.396 e. The summed E-state index contributed by atoms with van der Waals surface area (Å²) in [5.41, 5.74) is 0.191. The zero-order valence-electron chi connectivity index (χ0n) is 11.7. The number of hydrogen-bond donors (Lipinski definition) is 2. The zero-order valence-corrected chi connectivity index (χ0v) is 12.5. The van der Waals surface area contributed by atoms with Crippen LogP contribution in [-0.2, 0) is 10.0 Å². The van der Waals surface area contributed by atoms with E-state index in [-0.39, 0.29) is 29.1 Å². The maximum absolute atomic E-state index is 12.4. The lowest BCUT2D eigenvalue weighted by Crippen LogP contribution is -2.38. The number of sulfonamides is 1. The van der Waals surface area contributed by atoms with Gasteiger partial charge in [-0.25, -0.2) is 13.1 Å². The van der Waals surface area contributed by atoms with E-state index < -0.39 is 14.9 Å². The number of aliphatic hydroxyl groups is 1. The van der Waals surface area contributed by atoms with Crippen LogP contribution in [0.5, 0.6) is 0 Å². The van der Waals surface area contributed by atoms with Gasteiger partial charge in [-0.05, 0) is 37.3 Å². The van der Waals surface area contributed by atoms with E-state index in [1.807, 2.05) is 0 Å². The van der Waals surface area contributed by atoms with Crippen molar-refractivity contribution in [1.29, 1.82) is 0 Å². The smallest absolute Gasteiger partial charge is 0.269 e. The molecule has 0 aliphatic heterocycles. The van der Waals surface area contributed by atoms with Crippen molar-refractivity contribution in [3.8, 4) is 0 Å². The quantitative estimate of drug-likeness (QED) is 0.629. The van der Waals surface area contributed by atoms with Gasteiger partial charge in [0.15, 0.2) is 0 Å². The van der Waals surface area contributed by atoms with Crippen LogP contribution in [0.25, 0.3) is 0 Å². The fourth-order valence-electron chi connectivity index (χ4n) is 2.72. The Bertz CT molecular complexity index is 644. The molecule has 0 amide bonds. The van der Waals surface area contributed by atoms with E-state index >= 15 is 0 Å². The van der Waals surface area contributed by atoms with Crippen molar-refractivity contribution in [2.75, 3.05) is 6.61 Å². The summed E-state index contributed by atoms with van der Waals surface area (Å²) in [7, 11) is -3.74. The van der Waals surface area contributed by atoms with Crippen molar-refractivity contribution in [2.45, 2.75) is 37.1 Å². The number of benzene rings is 1. The summed E-state index contributed by atoms with van der Waals surface area (Å²) in [6.07, 6.45) is 2.36. The summed E-state index contributed by atoms with van der Waals surface area (Å²) in [6.45, 7) is 1.48. The number of nitro groups is 1. The molecule has 0 spiro atoms. The summed E-state index contributed by atoms with van der Waals surface area (Å²) in [5, 5.41) is 19.9. The van der Waals surface area contributed by atoms with Gasteiger partial charge in [0, 0.05) is 24.8 Å². The molecule has 1 aliphatic rings. The molecule has 116 valence electrons. The number of non-ortho nitro benzene ring substituents is 1. The molecule has 1 aromatic carbocycles.